The number of carboxylic acids is 1. The first-order valence-corrected chi connectivity index (χ1v) is 7.39. The number of benzene rings is 1. The molecule has 1 aliphatic heterocycles. The van der Waals surface area contributed by atoms with Crippen LogP contribution in [0.2, 0.25) is 0 Å². The second kappa shape index (κ2) is 5.85. The van der Waals surface area contributed by atoms with Crippen molar-refractivity contribution in [3.8, 4) is 0 Å². The summed E-state index contributed by atoms with van der Waals surface area (Å²) in [6, 6.07) is 7.74. The molecule has 2 aliphatic rings. The van der Waals surface area contributed by atoms with E-state index in [-0.39, 0.29) is 19.1 Å². The average molecular weight is 289 g/mol. The predicted molar refractivity (Wildman–Crippen MR) is 76.3 cm³/mol. The molecule has 1 saturated heterocycles. The van der Waals surface area contributed by atoms with Crippen LogP contribution in [0.5, 0.6) is 0 Å². The van der Waals surface area contributed by atoms with Crippen LogP contribution in [0.25, 0.3) is 0 Å². The molecule has 2 fully saturated rings. The largest absolute Gasteiger partial charge is 0.479 e. The van der Waals surface area contributed by atoms with Crippen LogP contribution < -0.4 is 0 Å². The average Bonchev–Trinajstić information content (AvgIpc) is 2.46. The van der Waals surface area contributed by atoms with Crippen molar-refractivity contribution in [1.29, 1.82) is 0 Å². The predicted octanol–water partition coefficient (Wildman–Crippen LogP) is 1.88. The number of ether oxygens (including phenoxy) is 1. The highest BCUT2D eigenvalue weighted by molar-refractivity contribution is 5.94. The van der Waals surface area contributed by atoms with Gasteiger partial charge in [0.05, 0.1) is 13.2 Å². The van der Waals surface area contributed by atoms with Crippen LogP contribution in [0.15, 0.2) is 24.3 Å². The van der Waals surface area contributed by atoms with Crippen LogP contribution in [0.1, 0.15) is 41.1 Å². The molecule has 0 bridgehead atoms. The summed E-state index contributed by atoms with van der Waals surface area (Å²) in [6.07, 6.45) is 2.83. The maximum absolute atomic E-state index is 12.4. The summed E-state index contributed by atoms with van der Waals surface area (Å²) in [5, 5.41) is 8.98. The fourth-order valence-corrected chi connectivity index (χ4v) is 2.81. The van der Waals surface area contributed by atoms with E-state index in [0.717, 1.165) is 0 Å². The first kappa shape index (κ1) is 14.1. The van der Waals surface area contributed by atoms with Crippen LogP contribution >= 0.6 is 0 Å². The number of carboxylic acid groups (broad SMARTS) is 1. The highest BCUT2D eigenvalue weighted by Crippen LogP contribution is 2.36. The second-order valence-electron chi connectivity index (χ2n) is 5.70. The van der Waals surface area contributed by atoms with Gasteiger partial charge in [0.15, 0.2) is 6.10 Å². The van der Waals surface area contributed by atoms with Crippen molar-refractivity contribution in [3.05, 3.63) is 35.4 Å². The molecule has 1 N–H and O–H groups in total. The van der Waals surface area contributed by atoms with Gasteiger partial charge < -0.3 is 14.7 Å². The minimum absolute atomic E-state index is 0.110. The zero-order chi connectivity index (χ0) is 14.8. The molecule has 5 heteroatoms. The number of carbonyl (C=O) groups is 2. The van der Waals surface area contributed by atoms with E-state index in [1.54, 1.807) is 4.90 Å². The third kappa shape index (κ3) is 2.93. The number of rotatable bonds is 3. The Morgan fingerprint density at radius 2 is 1.90 bits per heavy atom. The Labute approximate surface area is 123 Å². The van der Waals surface area contributed by atoms with Gasteiger partial charge in [-0.1, -0.05) is 18.6 Å². The van der Waals surface area contributed by atoms with Crippen LogP contribution in [0, 0.1) is 0 Å². The molecule has 0 aromatic heterocycles. The Bertz CT molecular complexity index is 536. The third-order valence-corrected chi connectivity index (χ3v) is 4.36. The fourth-order valence-electron chi connectivity index (χ4n) is 2.81. The molecule has 1 atom stereocenters. The number of hydrogen-bond donors (Lipinski definition) is 1. The first-order valence-electron chi connectivity index (χ1n) is 7.39. The Morgan fingerprint density at radius 3 is 2.48 bits per heavy atom. The van der Waals surface area contributed by atoms with E-state index in [9.17, 15) is 9.59 Å². The van der Waals surface area contributed by atoms with E-state index in [2.05, 4.69) is 0 Å². The quantitative estimate of drug-likeness (QED) is 0.922. The summed E-state index contributed by atoms with van der Waals surface area (Å²) in [7, 11) is 0. The lowest BCUT2D eigenvalue weighted by molar-refractivity contribution is -0.154. The lowest BCUT2D eigenvalue weighted by Crippen LogP contribution is -2.48. The third-order valence-electron chi connectivity index (χ3n) is 4.36. The standard InChI is InChI=1S/C16H19NO4/c18-15(17-8-9-21-14(10-17)16(19)20)13-6-4-12(5-7-13)11-2-1-3-11/h4-7,11,14H,1-3,8-10H2,(H,19,20). The van der Waals surface area contributed by atoms with E-state index in [1.807, 2.05) is 24.3 Å². The molecule has 1 aliphatic carbocycles. The number of hydrogen-bond acceptors (Lipinski definition) is 3. The van der Waals surface area contributed by atoms with E-state index in [4.69, 9.17) is 9.84 Å². The van der Waals surface area contributed by atoms with Crippen LogP contribution in [0.3, 0.4) is 0 Å². The van der Waals surface area contributed by atoms with Gasteiger partial charge in [0.2, 0.25) is 0 Å². The second-order valence-corrected chi connectivity index (χ2v) is 5.70. The molecule has 21 heavy (non-hydrogen) atoms. The van der Waals surface area contributed by atoms with Crippen LogP contribution in [0.4, 0.5) is 0 Å². The van der Waals surface area contributed by atoms with E-state index in [1.165, 1.54) is 24.8 Å². The molecule has 112 valence electrons. The van der Waals surface area contributed by atoms with Gasteiger partial charge in [0, 0.05) is 12.1 Å². The fraction of sp³-hybridized carbons (Fsp3) is 0.500. The van der Waals surface area contributed by atoms with Gasteiger partial charge in [-0.15, -0.1) is 0 Å². The first-order chi connectivity index (χ1) is 10.1. The SMILES string of the molecule is O=C(O)C1CN(C(=O)c2ccc(C3CCC3)cc2)CCO1. The van der Waals surface area contributed by atoms with Crippen molar-refractivity contribution >= 4 is 11.9 Å². The van der Waals surface area contributed by atoms with E-state index >= 15 is 0 Å². The number of aliphatic carboxylic acids is 1. The zero-order valence-corrected chi connectivity index (χ0v) is 11.8. The molecule has 1 heterocycles. The van der Waals surface area contributed by atoms with Crippen LogP contribution in [-0.2, 0) is 9.53 Å². The molecule has 1 saturated carbocycles. The minimum Gasteiger partial charge on any atom is -0.479 e. The summed E-state index contributed by atoms with van der Waals surface area (Å²) >= 11 is 0. The molecule has 5 nitrogen and oxygen atoms in total. The van der Waals surface area contributed by atoms with Crippen LogP contribution in [-0.4, -0.2) is 47.7 Å². The lowest BCUT2D eigenvalue weighted by Gasteiger charge is -2.31. The van der Waals surface area contributed by atoms with Crippen molar-refractivity contribution in [1.82, 2.24) is 4.90 Å². The highest BCUT2D eigenvalue weighted by atomic mass is 16.5. The Balaban J connectivity index is 1.67. The highest BCUT2D eigenvalue weighted by Gasteiger charge is 2.29. The molecule has 0 spiro atoms. The van der Waals surface area contributed by atoms with Crippen molar-refractivity contribution in [3.63, 3.8) is 0 Å². The Morgan fingerprint density at radius 1 is 1.19 bits per heavy atom. The summed E-state index contributed by atoms with van der Waals surface area (Å²) in [6.45, 7) is 0.814. The van der Waals surface area contributed by atoms with E-state index in [0.29, 0.717) is 18.0 Å². The molecular formula is C16H19NO4. The smallest absolute Gasteiger partial charge is 0.334 e. The van der Waals surface area contributed by atoms with E-state index < -0.39 is 12.1 Å². The topological polar surface area (TPSA) is 66.8 Å². The van der Waals surface area contributed by atoms with Gasteiger partial charge in [-0.2, -0.15) is 0 Å². The molecule has 3 rings (SSSR count). The van der Waals surface area contributed by atoms with Crippen molar-refractivity contribution in [2.45, 2.75) is 31.3 Å². The number of carbonyl (C=O) groups excluding carboxylic acids is 1. The molecule has 1 unspecified atom stereocenters. The van der Waals surface area contributed by atoms with Crippen molar-refractivity contribution in [2.24, 2.45) is 0 Å². The molecular weight excluding hydrogens is 270 g/mol. The molecule has 1 amide bonds. The van der Waals surface area contributed by atoms with Gasteiger partial charge in [-0.3, -0.25) is 4.79 Å². The number of amides is 1. The number of nitrogens with zero attached hydrogens (tertiary/aromatic N) is 1. The summed E-state index contributed by atoms with van der Waals surface area (Å²) in [5.41, 5.74) is 1.91. The summed E-state index contributed by atoms with van der Waals surface area (Å²) in [4.78, 5) is 24.9. The Kier molecular flexibility index (Phi) is 3.92. The number of morpholine rings is 1. The summed E-state index contributed by atoms with van der Waals surface area (Å²) in [5.74, 6) is -0.494. The van der Waals surface area contributed by atoms with Crippen molar-refractivity contribution < 1.29 is 19.4 Å². The maximum Gasteiger partial charge on any atom is 0.334 e. The van der Waals surface area contributed by atoms with Gasteiger partial charge in [-0.25, -0.2) is 4.79 Å². The zero-order valence-electron chi connectivity index (χ0n) is 11.8. The van der Waals surface area contributed by atoms with Gasteiger partial charge >= 0.3 is 5.97 Å². The van der Waals surface area contributed by atoms with Crippen molar-refractivity contribution in [2.75, 3.05) is 19.7 Å². The van der Waals surface area contributed by atoms with Gasteiger partial charge in [0.1, 0.15) is 0 Å². The lowest BCUT2D eigenvalue weighted by atomic mass is 9.80. The molecule has 0 radical (unpaired) electrons. The molecule has 1 aromatic rings. The maximum atomic E-state index is 12.4. The monoisotopic (exact) mass is 289 g/mol. The van der Waals surface area contributed by atoms with Gasteiger partial charge in [0.25, 0.3) is 5.91 Å². The van der Waals surface area contributed by atoms with Gasteiger partial charge in [-0.05, 0) is 36.5 Å². The normalized spacial score (nSPS) is 22.7. The Hall–Kier alpha value is -1.88. The summed E-state index contributed by atoms with van der Waals surface area (Å²) < 4.78 is 5.13. The minimum atomic E-state index is -1.02. The molecule has 1 aromatic carbocycles.